The van der Waals surface area contributed by atoms with Gasteiger partial charge >= 0.3 is 0 Å². The Bertz CT molecular complexity index is 554. The minimum Gasteiger partial charge on any atom is -0.352 e. The number of aryl methyl sites for hydroxylation is 1. The summed E-state index contributed by atoms with van der Waals surface area (Å²) in [5.74, 6) is 5.27. The number of nitrogens with zero attached hydrogens (tertiary/aromatic N) is 1. The van der Waals surface area contributed by atoms with Gasteiger partial charge in [0.15, 0.2) is 0 Å². The Morgan fingerprint density at radius 1 is 1.47 bits per heavy atom. The molecule has 0 radical (unpaired) electrons. The maximum absolute atomic E-state index is 12.1. The fourth-order valence-corrected chi connectivity index (χ4v) is 2.35. The maximum Gasteiger partial charge on any atom is 0.253 e. The molecule has 2 rings (SSSR count). The van der Waals surface area contributed by atoms with Crippen LogP contribution < -0.4 is 16.6 Å². The lowest BCUT2D eigenvalue weighted by molar-refractivity contribution is 0.0955. The molecular formula is C13H16N4OS. The Balaban J connectivity index is 1.97. The van der Waals surface area contributed by atoms with E-state index in [1.807, 2.05) is 24.4 Å². The van der Waals surface area contributed by atoms with Crippen LogP contribution in [0.3, 0.4) is 0 Å². The minimum absolute atomic E-state index is 0.131. The molecule has 2 aromatic rings. The molecule has 0 bridgehead atoms. The summed E-state index contributed by atoms with van der Waals surface area (Å²) < 4.78 is 0. The molecule has 0 atom stereocenters. The molecule has 1 heterocycles. The molecule has 19 heavy (non-hydrogen) atoms. The number of thiazole rings is 1. The predicted molar refractivity (Wildman–Crippen MR) is 77.1 cm³/mol. The summed E-state index contributed by atoms with van der Waals surface area (Å²) in [6, 6.07) is 5.51. The second-order valence-electron chi connectivity index (χ2n) is 4.13. The quantitative estimate of drug-likeness (QED) is 0.573. The Hall–Kier alpha value is -1.92. The minimum atomic E-state index is -0.131. The van der Waals surface area contributed by atoms with Crippen LogP contribution in [-0.2, 0) is 6.42 Å². The summed E-state index contributed by atoms with van der Waals surface area (Å²) in [5.41, 5.74) is 4.73. The van der Waals surface area contributed by atoms with E-state index in [0.717, 1.165) is 17.0 Å². The van der Waals surface area contributed by atoms with Gasteiger partial charge in [-0.3, -0.25) is 10.6 Å². The summed E-state index contributed by atoms with van der Waals surface area (Å²) in [4.78, 5) is 16.2. The van der Waals surface area contributed by atoms with Crippen molar-refractivity contribution in [3.8, 4) is 0 Å². The third kappa shape index (κ3) is 3.52. The van der Waals surface area contributed by atoms with Gasteiger partial charge in [0.25, 0.3) is 5.91 Å². The summed E-state index contributed by atoms with van der Waals surface area (Å²) in [7, 11) is 0. The number of rotatable bonds is 5. The van der Waals surface area contributed by atoms with Crippen LogP contribution in [0.1, 0.15) is 20.9 Å². The lowest BCUT2D eigenvalue weighted by Crippen LogP contribution is -2.27. The van der Waals surface area contributed by atoms with E-state index in [9.17, 15) is 4.79 Å². The van der Waals surface area contributed by atoms with Crippen molar-refractivity contribution >= 4 is 22.9 Å². The van der Waals surface area contributed by atoms with Crippen LogP contribution >= 0.6 is 11.3 Å². The zero-order chi connectivity index (χ0) is 13.7. The van der Waals surface area contributed by atoms with Gasteiger partial charge in [0.05, 0.1) is 16.3 Å². The standard InChI is InChI=1S/C13H16N4OS/c1-9-2-3-11(17-14)10(8-9)13(18)16-5-4-12-15-6-7-19-12/h2-3,6-8,17H,4-5,14H2,1H3,(H,16,18). The first-order chi connectivity index (χ1) is 9.20. The maximum atomic E-state index is 12.1. The molecule has 1 aromatic carbocycles. The van der Waals surface area contributed by atoms with Crippen LogP contribution in [0.15, 0.2) is 29.8 Å². The number of nitrogen functional groups attached to an aromatic ring is 1. The molecule has 0 unspecified atom stereocenters. The molecule has 0 saturated heterocycles. The molecule has 4 N–H and O–H groups in total. The van der Waals surface area contributed by atoms with Crippen LogP contribution in [0.2, 0.25) is 0 Å². The van der Waals surface area contributed by atoms with Gasteiger partial charge in [-0.2, -0.15) is 0 Å². The summed E-state index contributed by atoms with van der Waals surface area (Å²) in [6.07, 6.45) is 2.50. The molecule has 0 aliphatic rings. The third-order valence-electron chi connectivity index (χ3n) is 2.68. The van der Waals surface area contributed by atoms with Crippen LogP contribution in [0.4, 0.5) is 5.69 Å². The van der Waals surface area contributed by atoms with E-state index in [0.29, 0.717) is 17.8 Å². The highest BCUT2D eigenvalue weighted by atomic mass is 32.1. The van der Waals surface area contributed by atoms with Gasteiger partial charge in [-0.1, -0.05) is 11.6 Å². The molecule has 0 spiro atoms. The van der Waals surface area contributed by atoms with Crippen molar-refractivity contribution < 1.29 is 4.79 Å². The number of amides is 1. The van der Waals surface area contributed by atoms with Gasteiger partial charge in [-0.05, 0) is 19.1 Å². The molecule has 0 saturated carbocycles. The molecule has 1 aromatic heterocycles. The first-order valence-corrected chi connectivity index (χ1v) is 6.82. The number of hydrogen-bond donors (Lipinski definition) is 3. The van der Waals surface area contributed by atoms with Gasteiger partial charge in [0.1, 0.15) is 0 Å². The average molecular weight is 276 g/mol. The van der Waals surface area contributed by atoms with Gasteiger partial charge in [0, 0.05) is 24.5 Å². The largest absolute Gasteiger partial charge is 0.352 e. The van der Waals surface area contributed by atoms with Crippen molar-refractivity contribution in [1.82, 2.24) is 10.3 Å². The number of nitrogens with two attached hydrogens (primary N) is 1. The average Bonchev–Trinajstić information content (AvgIpc) is 2.91. The number of anilines is 1. The lowest BCUT2D eigenvalue weighted by atomic mass is 10.1. The van der Waals surface area contributed by atoms with Crippen molar-refractivity contribution in [3.63, 3.8) is 0 Å². The van der Waals surface area contributed by atoms with E-state index in [4.69, 9.17) is 5.84 Å². The van der Waals surface area contributed by atoms with E-state index in [1.165, 1.54) is 0 Å². The van der Waals surface area contributed by atoms with Crippen LogP contribution in [0.25, 0.3) is 0 Å². The number of carbonyl (C=O) groups is 1. The normalized spacial score (nSPS) is 10.2. The number of carbonyl (C=O) groups excluding carboxylic acids is 1. The molecule has 6 heteroatoms. The zero-order valence-corrected chi connectivity index (χ0v) is 11.5. The fraction of sp³-hybridized carbons (Fsp3) is 0.231. The Morgan fingerprint density at radius 2 is 2.32 bits per heavy atom. The SMILES string of the molecule is Cc1ccc(NN)c(C(=O)NCCc2nccs2)c1. The molecular weight excluding hydrogens is 260 g/mol. The molecule has 0 fully saturated rings. The van der Waals surface area contributed by atoms with Crippen molar-refractivity contribution in [2.75, 3.05) is 12.0 Å². The van der Waals surface area contributed by atoms with Gasteiger partial charge < -0.3 is 10.7 Å². The van der Waals surface area contributed by atoms with E-state index in [1.54, 1.807) is 23.6 Å². The van der Waals surface area contributed by atoms with Crippen molar-refractivity contribution in [3.05, 3.63) is 45.9 Å². The summed E-state index contributed by atoms with van der Waals surface area (Å²) in [5, 5.41) is 5.81. The van der Waals surface area contributed by atoms with E-state index in [-0.39, 0.29) is 5.91 Å². The number of hydrazine groups is 1. The van der Waals surface area contributed by atoms with Crippen molar-refractivity contribution in [2.24, 2.45) is 5.84 Å². The zero-order valence-electron chi connectivity index (χ0n) is 10.6. The second-order valence-corrected chi connectivity index (χ2v) is 5.10. The fourth-order valence-electron chi connectivity index (χ4n) is 1.73. The van der Waals surface area contributed by atoms with Crippen LogP contribution in [-0.4, -0.2) is 17.4 Å². The number of benzene rings is 1. The third-order valence-corrected chi connectivity index (χ3v) is 3.52. The smallest absolute Gasteiger partial charge is 0.253 e. The first-order valence-electron chi connectivity index (χ1n) is 5.94. The highest BCUT2D eigenvalue weighted by molar-refractivity contribution is 7.09. The van der Waals surface area contributed by atoms with Gasteiger partial charge in [-0.25, -0.2) is 4.98 Å². The van der Waals surface area contributed by atoms with E-state index in [2.05, 4.69) is 15.7 Å². The van der Waals surface area contributed by atoms with Crippen LogP contribution in [0, 0.1) is 6.92 Å². The highest BCUT2D eigenvalue weighted by Crippen LogP contribution is 2.16. The highest BCUT2D eigenvalue weighted by Gasteiger charge is 2.10. The number of hydrogen-bond acceptors (Lipinski definition) is 5. The molecule has 1 amide bonds. The molecule has 100 valence electrons. The van der Waals surface area contributed by atoms with Gasteiger partial charge in [-0.15, -0.1) is 11.3 Å². The topological polar surface area (TPSA) is 80.0 Å². The second kappa shape index (κ2) is 6.31. The Morgan fingerprint density at radius 3 is 3.00 bits per heavy atom. The van der Waals surface area contributed by atoms with Crippen molar-refractivity contribution in [1.29, 1.82) is 0 Å². The van der Waals surface area contributed by atoms with Gasteiger partial charge in [0.2, 0.25) is 0 Å². The number of nitrogens with one attached hydrogen (secondary N) is 2. The number of aromatic nitrogens is 1. The summed E-state index contributed by atoms with van der Waals surface area (Å²) in [6.45, 7) is 2.50. The first kappa shape index (κ1) is 13.5. The predicted octanol–water partition coefficient (Wildman–Crippen LogP) is 1.71. The van der Waals surface area contributed by atoms with Crippen LogP contribution in [0.5, 0.6) is 0 Å². The molecule has 0 aliphatic heterocycles. The monoisotopic (exact) mass is 276 g/mol. The molecule has 0 aliphatic carbocycles. The van der Waals surface area contributed by atoms with Crippen molar-refractivity contribution in [2.45, 2.75) is 13.3 Å². The Labute approximate surface area is 115 Å². The summed E-state index contributed by atoms with van der Waals surface area (Å²) >= 11 is 1.59. The van der Waals surface area contributed by atoms with E-state index < -0.39 is 0 Å². The molecule has 5 nitrogen and oxygen atoms in total. The van der Waals surface area contributed by atoms with E-state index >= 15 is 0 Å². The lowest BCUT2D eigenvalue weighted by Gasteiger charge is -2.10. The Kier molecular flexibility index (Phi) is 4.48.